The first-order valence-electron chi connectivity index (χ1n) is 10.0. The number of fused-ring (bicyclic) bond motifs is 1. The highest BCUT2D eigenvalue weighted by Gasteiger charge is 2.26. The van der Waals surface area contributed by atoms with Crippen LogP contribution in [0.15, 0.2) is 60.8 Å². The smallest absolute Gasteiger partial charge is 0.156 e. The molecular formula is C25H18ClN3O2. The predicted octanol–water partition coefficient (Wildman–Crippen LogP) is 6.46. The van der Waals surface area contributed by atoms with Crippen LogP contribution in [0.25, 0.3) is 22.2 Å². The van der Waals surface area contributed by atoms with E-state index in [-0.39, 0.29) is 6.10 Å². The summed E-state index contributed by atoms with van der Waals surface area (Å²) in [6.07, 6.45) is 3.92. The van der Waals surface area contributed by atoms with Gasteiger partial charge in [-0.25, -0.2) is 4.98 Å². The van der Waals surface area contributed by atoms with Crippen LogP contribution in [0.2, 0.25) is 5.02 Å². The lowest BCUT2D eigenvalue weighted by Gasteiger charge is -2.12. The Bertz CT molecular complexity index is 1330. The van der Waals surface area contributed by atoms with Gasteiger partial charge < -0.3 is 9.47 Å². The van der Waals surface area contributed by atoms with Crippen molar-refractivity contribution in [2.75, 3.05) is 0 Å². The largest absolute Gasteiger partial charge is 0.487 e. The Morgan fingerprint density at radius 1 is 0.968 bits per heavy atom. The first-order valence-corrected chi connectivity index (χ1v) is 10.4. The Hall–Kier alpha value is -3.62. The van der Waals surface area contributed by atoms with Crippen LogP contribution in [0.5, 0.6) is 17.2 Å². The van der Waals surface area contributed by atoms with E-state index in [1.54, 1.807) is 18.3 Å². The normalized spacial score (nSPS) is 13.1. The van der Waals surface area contributed by atoms with Gasteiger partial charge in [-0.15, -0.1) is 0 Å². The number of benzene rings is 3. The number of ether oxygens (including phenoxy) is 2. The zero-order chi connectivity index (χ0) is 21.4. The second kappa shape index (κ2) is 7.90. The molecule has 1 aliphatic carbocycles. The van der Waals surface area contributed by atoms with Gasteiger partial charge in [-0.05, 0) is 55.2 Å². The van der Waals surface area contributed by atoms with Gasteiger partial charge in [0.2, 0.25) is 0 Å². The quantitative estimate of drug-likeness (QED) is 0.365. The monoisotopic (exact) mass is 427 g/mol. The van der Waals surface area contributed by atoms with Gasteiger partial charge in [0.25, 0.3) is 0 Å². The molecule has 0 radical (unpaired) electrons. The lowest BCUT2D eigenvalue weighted by Crippen LogP contribution is -1.99. The minimum absolute atomic E-state index is 0.161. The minimum Gasteiger partial charge on any atom is -0.487 e. The zero-order valence-electron chi connectivity index (χ0n) is 16.8. The fraction of sp³-hybridized carbons (Fsp3) is 0.160. The molecule has 1 fully saturated rings. The van der Waals surface area contributed by atoms with Gasteiger partial charge in [0, 0.05) is 18.3 Å². The van der Waals surface area contributed by atoms with E-state index in [2.05, 4.69) is 16.0 Å². The van der Waals surface area contributed by atoms with E-state index >= 15 is 0 Å². The van der Waals surface area contributed by atoms with Crippen LogP contribution >= 0.6 is 11.6 Å². The van der Waals surface area contributed by atoms with E-state index in [1.807, 2.05) is 49.4 Å². The molecule has 6 heteroatoms. The van der Waals surface area contributed by atoms with Crippen LogP contribution in [0.4, 0.5) is 0 Å². The molecule has 4 aromatic rings. The molecule has 3 aromatic carbocycles. The summed E-state index contributed by atoms with van der Waals surface area (Å²) < 4.78 is 11.7. The van der Waals surface area contributed by atoms with Crippen LogP contribution in [-0.4, -0.2) is 16.1 Å². The zero-order valence-corrected chi connectivity index (χ0v) is 17.6. The van der Waals surface area contributed by atoms with Crippen LogP contribution < -0.4 is 9.47 Å². The van der Waals surface area contributed by atoms with E-state index in [1.165, 1.54) is 0 Å². The number of hydrogen-bond acceptors (Lipinski definition) is 5. The van der Waals surface area contributed by atoms with Crippen molar-refractivity contribution in [2.24, 2.45) is 0 Å². The molecule has 152 valence electrons. The Labute approximate surface area is 184 Å². The standard InChI is InChI=1S/C25H18ClN3O2/c1-15-14-28-24-11-17(4-9-23(24)29-15)16-2-5-19(6-3-16)30-21-10-18(13-27)25(22(26)12-21)31-20-7-8-20/h2-6,9-12,14,20H,7-8H2,1H3. The molecule has 5 nitrogen and oxygen atoms in total. The summed E-state index contributed by atoms with van der Waals surface area (Å²) in [7, 11) is 0. The van der Waals surface area contributed by atoms with Gasteiger partial charge in [-0.3, -0.25) is 4.98 Å². The molecule has 0 bridgehead atoms. The lowest BCUT2D eigenvalue weighted by molar-refractivity contribution is 0.302. The number of hydrogen-bond donors (Lipinski definition) is 0. The molecule has 0 amide bonds. The molecule has 1 aromatic heterocycles. The maximum Gasteiger partial charge on any atom is 0.156 e. The first-order chi connectivity index (χ1) is 15.1. The Morgan fingerprint density at radius 2 is 1.74 bits per heavy atom. The van der Waals surface area contributed by atoms with Crippen molar-refractivity contribution >= 4 is 22.6 Å². The average molecular weight is 428 g/mol. The summed E-state index contributed by atoms with van der Waals surface area (Å²) in [5.41, 5.74) is 5.10. The number of rotatable bonds is 5. The molecule has 0 saturated heterocycles. The van der Waals surface area contributed by atoms with Crippen molar-refractivity contribution in [3.05, 3.63) is 77.1 Å². The highest BCUT2D eigenvalue weighted by atomic mass is 35.5. The summed E-state index contributed by atoms with van der Waals surface area (Å²) in [6.45, 7) is 1.93. The van der Waals surface area contributed by atoms with Crippen LogP contribution in [0.1, 0.15) is 24.1 Å². The van der Waals surface area contributed by atoms with Gasteiger partial charge in [0.1, 0.15) is 17.6 Å². The molecular weight excluding hydrogens is 410 g/mol. The summed E-state index contributed by atoms with van der Waals surface area (Å²) in [6, 6.07) is 19.2. The molecule has 1 saturated carbocycles. The third kappa shape index (κ3) is 4.16. The number of halogens is 1. The Morgan fingerprint density at radius 3 is 2.48 bits per heavy atom. The fourth-order valence-corrected chi connectivity index (χ4v) is 3.57. The Kier molecular flexibility index (Phi) is 4.93. The van der Waals surface area contributed by atoms with E-state index in [0.717, 1.165) is 40.7 Å². The van der Waals surface area contributed by atoms with E-state index in [9.17, 15) is 5.26 Å². The molecule has 31 heavy (non-hydrogen) atoms. The second-order valence-electron chi connectivity index (χ2n) is 7.55. The minimum atomic E-state index is 0.161. The summed E-state index contributed by atoms with van der Waals surface area (Å²) in [4.78, 5) is 8.95. The maximum atomic E-state index is 9.47. The third-order valence-electron chi connectivity index (χ3n) is 5.03. The molecule has 0 spiro atoms. The van der Waals surface area contributed by atoms with Crippen molar-refractivity contribution in [3.63, 3.8) is 0 Å². The fourth-order valence-electron chi connectivity index (χ4n) is 3.32. The SMILES string of the molecule is Cc1cnc2cc(-c3ccc(Oc4cc(Cl)c(OC5CC5)c(C#N)c4)cc3)ccc2n1. The number of nitrogens with zero attached hydrogens (tertiary/aromatic N) is 3. The summed E-state index contributed by atoms with van der Waals surface area (Å²) in [5, 5.41) is 9.85. The average Bonchev–Trinajstić information content (AvgIpc) is 3.60. The Balaban J connectivity index is 1.37. The van der Waals surface area contributed by atoms with Crippen molar-refractivity contribution in [1.29, 1.82) is 5.26 Å². The van der Waals surface area contributed by atoms with Gasteiger partial charge in [0.05, 0.1) is 33.4 Å². The highest BCUT2D eigenvalue weighted by molar-refractivity contribution is 6.32. The number of aromatic nitrogens is 2. The van der Waals surface area contributed by atoms with E-state index in [4.69, 9.17) is 21.1 Å². The van der Waals surface area contributed by atoms with Gasteiger partial charge in [-0.2, -0.15) is 5.26 Å². The van der Waals surface area contributed by atoms with Crippen molar-refractivity contribution in [2.45, 2.75) is 25.9 Å². The van der Waals surface area contributed by atoms with Gasteiger partial charge in [0.15, 0.2) is 5.75 Å². The molecule has 0 aliphatic heterocycles. The number of aryl methyl sites for hydroxylation is 1. The summed E-state index contributed by atoms with van der Waals surface area (Å²) in [5.74, 6) is 1.58. The molecule has 1 heterocycles. The van der Waals surface area contributed by atoms with Crippen LogP contribution in [-0.2, 0) is 0 Å². The van der Waals surface area contributed by atoms with E-state index < -0.39 is 0 Å². The van der Waals surface area contributed by atoms with Gasteiger partial charge in [-0.1, -0.05) is 29.8 Å². The molecule has 1 aliphatic rings. The molecule has 0 atom stereocenters. The van der Waals surface area contributed by atoms with E-state index in [0.29, 0.717) is 27.8 Å². The lowest BCUT2D eigenvalue weighted by atomic mass is 10.0. The highest BCUT2D eigenvalue weighted by Crippen LogP contribution is 2.38. The third-order valence-corrected chi connectivity index (χ3v) is 5.31. The van der Waals surface area contributed by atoms with Crippen LogP contribution in [0.3, 0.4) is 0 Å². The van der Waals surface area contributed by atoms with Crippen molar-refractivity contribution in [1.82, 2.24) is 9.97 Å². The van der Waals surface area contributed by atoms with Crippen molar-refractivity contribution in [3.8, 4) is 34.4 Å². The second-order valence-corrected chi connectivity index (χ2v) is 7.96. The van der Waals surface area contributed by atoms with Crippen LogP contribution in [0, 0.1) is 18.3 Å². The van der Waals surface area contributed by atoms with Crippen molar-refractivity contribution < 1.29 is 9.47 Å². The number of nitriles is 1. The first kappa shape index (κ1) is 19.3. The maximum absolute atomic E-state index is 9.47. The molecule has 0 N–H and O–H groups in total. The molecule has 0 unspecified atom stereocenters. The van der Waals surface area contributed by atoms with Gasteiger partial charge >= 0.3 is 0 Å². The predicted molar refractivity (Wildman–Crippen MR) is 120 cm³/mol. The summed E-state index contributed by atoms with van der Waals surface area (Å²) >= 11 is 6.35. The molecule has 5 rings (SSSR count). The topological polar surface area (TPSA) is 68.0 Å².